The zero-order valence-electron chi connectivity index (χ0n) is 13.7. The summed E-state index contributed by atoms with van der Waals surface area (Å²) >= 11 is 0. The molecule has 2 amide bonds. The van der Waals surface area contributed by atoms with Crippen LogP contribution in [0.4, 0.5) is 0 Å². The molecule has 122 valence electrons. The van der Waals surface area contributed by atoms with Crippen LogP contribution < -0.4 is 5.32 Å². The van der Waals surface area contributed by atoms with Crippen molar-refractivity contribution in [3.63, 3.8) is 0 Å². The molecule has 23 heavy (non-hydrogen) atoms. The number of aryl methyl sites for hydroxylation is 1. The van der Waals surface area contributed by atoms with Crippen LogP contribution in [0.25, 0.3) is 0 Å². The Bertz CT molecular complexity index is 664. The Labute approximate surface area is 135 Å². The summed E-state index contributed by atoms with van der Waals surface area (Å²) in [6.45, 7) is 2.06. The summed E-state index contributed by atoms with van der Waals surface area (Å²) in [6.07, 6.45) is 1.80. The molecule has 0 aliphatic heterocycles. The van der Waals surface area contributed by atoms with E-state index in [1.54, 1.807) is 20.2 Å². The van der Waals surface area contributed by atoms with Crippen LogP contribution in [-0.4, -0.2) is 41.0 Å². The van der Waals surface area contributed by atoms with Crippen LogP contribution in [-0.2, 0) is 11.2 Å². The Hall–Kier alpha value is -2.63. The normalized spacial score (nSPS) is 11.8. The minimum absolute atomic E-state index is 0.186. The summed E-state index contributed by atoms with van der Waals surface area (Å²) in [6, 6.07) is 10.2. The Morgan fingerprint density at radius 2 is 1.96 bits per heavy atom. The van der Waals surface area contributed by atoms with Crippen molar-refractivity contribution in [2.75, 3.05) is 14.1 Å². The van der Waals surface area contributed by atoms with Crippen LogP contribution in [0.15, 0.2) is 36.4 Å². The second kappa shape index (κ2) is 7.58. The van der Waals surface area contributed by atoms with E-state index in [2.05, 4.69) is 22.4 Å². The Balaban J connectivity index is 2.19. The average Bonchev–Trinajstić information content (AvgIpc) is 3.01. The minimum atomic E-state index is -0.731. The van der Waals surface area contributed by atoms with Gasteiger partial charge in [0.05, 0.1) is 0 Å². The molecule has 1 aromatic heterocycles. The first-order chi connectivity index (χ1) is 11.0. The highest BCUT2D eigenvalue weighted by atomic mass is 16.2. The van der Waals surface area contributed by atoms with Crippen molar-refractivity contribution >= 4 is 11.8 Å². The van der Waals surface area contributed by atoms with Crippen LogP contribution in [0.2, 0.25) is 0 Å². The molecule has 1 aromatic carbocycles. The predicted octanol–water partition coefficient (Wildman–Crippen LogP) is 1.92. The van der Waals surface area contributed by atoms with Crippen LogP contribution in [0.5, 0.6) is 0 Å². The van der Waals surface area contributed by atoms with Crippen molar-refractivity contribution in [3.05, 3.63) is 53.3 Å². The van der Waals surface area contributed by atoms with E-state index in [0.29, 0.717) is 5.69 Å². The second-order valence-corrected chi connectivity index (χ2v) is 5.58. The smallest absolute Gasteiger partial charge is 0.272 e. The van der Waals surface area contributed by atoms with E-state index < -0.39 is 6.04 Å². The van der Waals surface area contributed by atoms with Gasteiger partial charge in [0, 0.05) is 19.8 Å². The molecule has 2 aromatic rings. The van der Waals surface area contributed by atoms with Crippen molar-refractivity contribution in [2.24, 2.45) is 0 Å². The van der Waals surface area contributed by atoms with Gasteiger partial charge in [-0.1, -0.05) is 43.7 Å². The van der Waals surface area contributed by atoms with E-state index in [1.165, 1.54) is 4.90 Å². The lowest BCUT2D eigenvalue weighted by atomic mass is 10.1. The lowest BCUT2D eigenvalue weighted by Gasteiger charge is -2.21. The van der Waals surface area contributed by atoms with Gasteiger partial charge in [-0.15, -0.1) is 0 Å². The molecule has 0 bridgehead atoms. The summed E-state index contributed by atoms with van der Waals surface area (Å²) < 4.78 is 0. The van der Waals surface area contributed by atoms with E-state index in [9.17, 15) is 9.59 Å². The SMILES string of the molecule is CCCc1cc(C(=O)N[C@H](C(=O)N(C)C)c2ccccc2)n[nH]1. The number of rotatable bonds is 6. The topological polar surface area (TPSA) is 78.1 Å². The maximum atomic E-state index is 12.4. The fourth-order valence-corrected chi connectivity index (χ4v) is 2.27. The number of amides is 2. The van der Waals surface area contributed by atoms with Gasteiger partial charge in [-0.2, -0.15) is 5.10 Å². The number of benzene rings is 1. The minimum Gasteiger partial charge on any atom is -0.347 e. The number of hydrogen-bond donors (Lipinski definition) is 2. The molecule has 0 spiro atoms. The van der Waals surface area contributed by atoms with Crippen LogP contribution in [0.1, 0.15) is 41.1 Å². The third-order valence-corrected chi connectivity index (χ3v) is 3.48. The molecule has 6 heteroatoms. The van der Waals surface area contributed by atoms with E-state index in [-0.39, 0.29) is 11.8 Å². The van der Waals surface area contributed by atoms with E-state index in [0.717, 1.165) is 24.1 Å². The zero-order valence-corrected chi connectivity index (χ0v) is 13.7. The van der Waals surface area contributed by atoms with Gasteiger partial charge in [0.15, 0.2) is 0 Å². The first-order valence-corrected chi connectivity index (χ1v) is 7.64. The third kappa shape index (κ3) is 4.18. The van der Waals surface area contributed by atoms with Gasteiger partial charge in [-0.25, -0.2) is 0 Å². The number of carbonyl (C=O) groups excluding carboxylic acids is 2. The molecular weight excluding hydrogens is 292 g/mol. The van der Waals surface area contributed by atoms with Crippen molar-refractivity contribution < 1.29 is 9.59 Å². The highest BCUT2D eigenvalue weighted by Gasteiger charge is 2.25. The summed E-state index contributed by atoms with van der Waals surface area (Å²) in [7, 11) is 3.33. The van der Waals surface area contributed by atoms with Gasteiger partial charge >= 0.3 is 0 Å². The van der Waals surface area contributed by atoms with Gasteiger partial charge in [0.25, 0.3) is 5.91 Å². The maximum absolute atomic E-state index is 12.4. The summed E-state index contributed by atoms with van der Waals surface area (Å²) in [5.74, 6) is -0.554. The van der Waals surface area contributed by atoms with Gasteiger partial charge < -0.3 is 10.2 Å². The quantitative estimate of drug-likeness (QED) is 0.855. The van der Waals surface area contributed by atoms with Crippen LogP contribution in [0, 0.1) is 0 Å². The van der Waals surface area contributed by atoms with Gasteiger partial charge in [-0.3, -0.25) is 14.7 Å². The lowest BCUT2D eigenvalue weighted by molar-refractivity contribution is -0.130. The number of likely N-dealkylation sites (N-methyl/N-ethyl adjacent to an activating group) is 1. The fourth-order valence-electron chi connectivity index (χ4n) is 2.27. The van der Waals surface area contributed by atoms with Gasteiger partial charge in [0.1, 0.15) is 11.7 Å². The number of aromatic amines is 1. The number of hydrogen-bond acceptors (Lipinski definition) is 3. The molecule has 0 aliphatic rings. The molecule has 2 N–H and O–H groups in total. The summed E-state index contributed by atoms with van der Waals surface area (Å²) in [5, 5.41) is 9.64. The molecule has 0 saturated heterocycles. The standard InChI is InChI=1S/C17H22N4O2/c1-4-8-13-11-14(20-19-13)16(22)18-15(17(23)21(2)3)12-9-6-5-7-10-12/h5-7,9-11,15H,4,8H2,1-3H3,(H,18,22)(H,19,20)/t15-/m0/s1. The van der Waals surface area contributed by atoms with Crippen molar-refractivity contribution in [1.82, 2.24) is 20.4 Å². The molecule has 2 rings (SSSR count). The number of nitrogens with zero attached hydrogens (tertiary/aromatic N) is 2. The average molecular weight is 314 g/mol. The molecule has 0 unspecified atom stereocenters. The zero-order chi connectivity index (χ0) is 16.8. The first-order valence-electron chi connectivity index (χ1n) is 7.64. The highest BCUT2D eigenvalue weighted by molar-refractivity contribution is 5.96. The predicted molar refractivity (Wildman–Crippen MR) is 87.9 cm³/mol. The Morgan fingerprint density at radius 3 is 2.57 bits per heavy atom. The molecule has 1 heterocycles. The molecule has 6 nitrogen and oxygen atoms in total. The first kappa shape index (κ1) is 16.7. The lowest BCUT2D eigenvalue weighted by Crippen LogP contribution is -2.40. The maximum Gasteiger partial charge on any atom is 0.272 e. The largest absolute Gasteiger partial charge is 0.347 e. The van der Waals surface area contributed by atoms with Crippen molar-refractivity contribution in [1.29, 1.82) is 0 Å². The van der Waals surface area contributed by atoms with Gasteiger partial charge in [-0.05, 0) is 18.1 Å². The molecule has 0 aliphatic carbocycles. The highest BCUT2D eigenvalue weighted by Crippen LogP contribution is 2.15. The summed E-state index contributed by atoms with van der Waals surface area (Å²) in [4.78, 5) is 26.3. The van der Waals surface area contributed by atoms with E-state index >= 15 is 0 Å². The molecular formula is C17H22N4O2. The third-order valence-electron chi connectivity index (χ3n) is 3.48. The molecule has 0 radical (unpaired) electrons. The molecule has 0 fully saturated rings. The molecule has 1 atom stereocenters. The number of carbonyl (C=O) groups is 2. The Morgan fingerprint density at radius 1 is 1.26 bits per heavy atom. The Kier molecular flexibility index (Phi) is 5.51. The second-order valence-electron chi connectivity index (χ2n) is 5.58. The summed E-state index contributed by atoms with van der Waals surface area (Å²) in [5.41, 5.74) is 1.94. The number of H-pyrrole nitrogens is 1. The van der Waals surface area contributed by atoms with E-state index in [4.69, 9.17) is 0 Å². The monoisotopic (exact) mass is 314 g/mol. The van der Waals surface area contributed by atoms with Gasteiger partial charge in [0.2, 0.25) is 5.91 Å². The van der Waals surface area contributed by atoms with E-state index in [1.807, 2.05) is 30.3 Å². The van der Waals surface area contributed by atoms with Crippen molar-refractivity contribution in [3.8, 4) is 0 Å². The molecule has 0 saturated carbocycles. The van der Waals surface area contributed by atoms with Crippen molar-refractivity contribution in [2.45, 2.75) is 25.8 Å². The fraction of sp³-hybridized carbons (Fsp3) is 0.353. The number of aromatic nitrogens is 2. The van der Waals surface area contributed by atoms with Crippen LogP contribution >= 0.6 is 0 Å². The van der Waals surface area contributed by atoms with Crippen LogP contribution in [0.3, 0.4) is 0 Å². The number of nitrogens with one attached hydrogen (secondary N) is 2.